The average molecular weight is 328 g/mol. The van der Waals surface area contributed by atoms with Crippen LogP contribution in [0.5, 0.6) is 0 Å². The molecule has 0 aromatic heterocycles. The summed E-state index contributed by atoms with van der Waals surface area (Å²) in [5.41, 5.74) is 0.853. The number of anilines is 2. The Hall–Kier alpha value is -2.63. The van der Waals surface area contributed by atoms with Gasteiger partial charge in [-0.3, -0.25) is 9.59 Å². The Morgan fingerprint density at radius 1 is 1.00 bits per heavy atom. The van der Waals surface area contributed by atoms with Crippen molar-refractivity contribution in [3.63, 3.8) is 0 Å². The van der Waals surface area contributed by atoms with Gasteiger partial charge in [0.05, 0.1) is 5.56 Å². The maximum Gasteiger partial charge on any atom is 0.335 e. The predicted molar refractivity (Wildman–Crippen MR) is 92.6 cm³/mol. The van der Waals surface area contributed by atoms with Crippen LogP contribution in [-0.2, 0) is 6.54 Å². The third kappa shape index (κ3) is 3.32. The van der Waals surface area contributed by atoms with Crippen molar-refractivity contribution in [1.29, 1.82) is 0 Å². The predicted octanol–water partition coefficient (Wildman–Crippen LogP) is 2.34. The van der Waals surface area contributed by atoms with Crippen LogP contribution < -0.4 is 21.5 Å². The van der Waals surface area contributed by atoms with Gasteiger partial charge in [0.1, 0.15) is 11.4 Å². The largest absolute Gasteiger partial charge is 0.478 e. The van der Waals surface area contributed by atoms with Crippen molar-refractivity contribution in [2.24, 2.45) is 0 Å². The number of hydrogen-bond acceptors (Lipinski definition) is 5. The van der Waals surface area contributed by atoms with E-state index in [9.17, 15) is 14.4 Å². The molecule has 0 saturated heterocycles. The van der Waals surface area contributed by atoms with Crippen LogP contribution >= 0.6 is 0 Å². The number of hydrogen-bond donors (Lipinski definition) is 3. The second-order valence-electron chi connectivity index (χ2n) is 6.24. The summed E-state index contributed by atoms with van der Waals surface area (Å²) in [4.78, 5) is 34.4. The molecular formula is C18H20N2O4. The van der Waals surface area contributed by atoms with Gasteiger partial charge in [0.15, 0.2) is 0 Å². The topological polar surface area (TPSA) is 95.5 Å². The molecule has 1 aliphatic rings. The van der Waals surface area contributed by atoms with E-state index >= 15 is 0 Å². The third-order valence-electron chi connectivity index (χ3n) is 4.53. The lowest BCUT2D eigenvalue weighted by atomic mass is 9.95. The number of carboxylic acid groups (broad SMARTS) is 1. The van der Waals surface area contributed by atoms with Crippen molar-refractivity contribution in [3.05, 3.63) is 55.8 Å². The molecule has 0 aliphatic heterocycles. The molecule has 0 bridgehead atoms. The van der Waals surface area contributed by atoms with Gasteiger partial charge in [0.25, 0.3) is 10.9 Å². The minimum Gasteiger partial charge on any atom is -0.478 e. The number of aromatic carboxylic acids is 1. The fourth-order valence-corrected chi connectivity index (χ4v) is 3.10. The highest BCUT2D eigenvalue weighted by molar-refractivity contribution is 5.87. The first-order valence-corrected chi connectivity index (χ1v) is 8.22. The maximum atomic E-state index is 11.8. The lowest BCUT2D eigenvalue weighted by Gasteiger charge is -2.25. The van der Waals surface area contributed by atoms with Crippen LogP contribution in [0.15, 0.2) is 33.9 Å². The van der Waals surface area contributed by atoms with E-state index in [1.807, 2.05) is 0 Å². The van der Waals surface area contributed by atoms with Crippen molar-refractivity contribution in [2.75, 3.05) is 10.6 Å². The first kappa shape index (κ1) is 16.2. The Kier molecular flexibility index (Phi) is 4.64. The number of rotatable bonds is 6. The van der Waals surface area contributed by atoms with Gasteiger partial charge in [-0.15, -0.1) is 0 Å². The molecule has 6 heteroatoms. The molecule has 126 valence electrons. The number of carboxylic acids is 1. The summed E-state index contributed by atoms with van der Waals surface area (Å²) < 4.78 is 0. The molecule has 0 amide bonds. The van der Waals surface area contributed by atoms with E-state index in [4.69, 9.17) is 5.11 Å². The molecule has 1 aliphatic carbocycles. The number of benzene rings is 1. The molecule has 3 N–H and O–H groups in total. The van der Waals surface area contributed by atoms with Crippen molar-refractivity contribution in [1.82, 2.24) is 0 Å². The summed E-state index contributed by atoms with van der Waals surface area (Å²) >= 11 is 0. The van der Waals surface area contributed by atoms with Crippen molar-refractivity contribution in [3.8, 4) is 0 Å². The zero-order valence-electron chi connectivity index (χ0n) is 13.3. The maximum absolute atomic E-state index is 11.8. The van der Waals surface area contributed by atoms with Gasteiger partial charge in [-0.1, -0.05) is 31.4 Å². The zero-order chi connectivity index (χ0) is 17.1. The van der Waals surface area contributed by atoms with Crippen LogP contribution in [0.4, 0.5) is 11.4 Å². The van der Waals surface area contributed by atoms with Crippen LogP contribution in [0.3, 0.4) is 0 Å². The molecule has 0 unspecified atom stereocenters. The van der Waals surface area contributed by atoms with E-state index in [-0.39, 0.29) is 11.6 Å². The molecular weight excluding hydrogens is 308 g/mol. The highest BCUT2D eigenvalue weighted by atomic mass is 16.4. The second kappa shape index (κ2) is 6.86. The van der Waals surface area contributed by atoms with Crippen LogP contribution in [0.1, 0.15) is 48.0 Å². The molecule has 0 spiro atoms. The minimum absolute atomic E-state index is 0.215. The van der Waals surface area contributed by atoms with E-state index in [2.05, 4.69) is 10.6 Å². The number of carbonyl (C=O) groups is 1. The Morgan fingerprint density at radius 2 is 1.62 bits per heavy atom. The van der Waals surface area contributed by atoms with Gasteiger partial charge < -0.3 is 15.7 Å². The van der Waals surface area contributed by atoms with Crippen LogP contribution in [0, 0.1) is 0 Å². The summed E-state index contributed by atoms with van der Waals surface area (Å²) in [6.45, 7) is 0.365. The summed E-state index contributed by atoms with van der Waals surface area (Å²) in [7, 11) is 0. The van der Waals surface area contributed by atoms with Crippen molar-refractivity contribution >= 4 is 17.3 Å². The molecule has 0 atom stereocenters. The molecule has 6 nitrogen and oxygen atoms in total. The summed E-state index contributed by atoms with van der Waals surface area (Å²) in [5, 5.41) is 15.1. The lowest BCUT2D eigenvalue weighted by Crippen LogP contribution is -2.40. The quantitative estimate of drug-likeness (QED) is 0.705. The highest BCUT2D eigenvalue weighted by Crippen LogP contribution is 2.24. The minimum atomic E-state index is -0.976. The average Bonchev–Trinajstić information content (AvgIpc) is 2.61. The van der Waals surface area contributed by atoms with Crippen molar-refractivity contribution < 1.29 is 9.90 Å². The molecule has 0 radical (unpaired) electrons. The monoisotopic (exact) mass is 328 g/mol. The van der Waals surface area contributed by atoms with Gasteiger partial charge in [0, 0.05) is 12.6 Å². The molecule has 2 aromatic carbocycles. The zero-order valence-corrected chi connectivity index (χ0v) is 13.3. The Labute approximate surface area is 139 Å². The van der Waals surface area contributed by atoms with E-state index in [1.54, 1.807) is 12.1 Å². The molecule has 1 fully saturated rings. The molecule has 3 rings (SSSR count). The third-order valence-corrected chi connectivity index (χ3v) is 4.53. The number of nitrogens with one attached hydrogen (secondary N) is 2. The summed E-state index contributed by atoms with van der Waals surface area (Å²) in [5.74, 6) is -0.976. The van der Waals surface area contributed by atoms with Gasteiger partial charge in [-0.2, -0.15) is 0 Å². The van der Waals surface area contributed by atoms with E-state index in [0.29, 0.717) is 17.9 Å². The highest BCUT2D eigenvalue weighted by Gasteiger charge is 2.24. The van der Waals surface area contributed by atoms with Gasteiger partial charge in [-0.05, 0) is 30.5 Å². The summed E-state index contributed by atoms with van der Waals surface area (Å²) in [6.07, 6.45) is 5.56. The molecule has 0 heterocycles. The van der Waals surface area contributed by atoms with Gasteiger partial charge in [-0.25, -0.2) is 4.79 Å². The first-order valence-electron chi connectivity index (χ1n) is 8.22. The van der Waals surface area contributed by atoms with Crippen LogP contribution in [0.25, 0.3) is 0 Å². The molecule has 2 aromatic rings. The normalized spacial score (nSPS) is 15.3. The Bertz CT molecular complexity index is 797. The van der Waals surface area contributed by atoms with Gasteiger partial charge >= 0.3 is 5.97 Å². The van der Waals surface area contributed by atoms with E-state index in [0.717, 1.165) is 31.2 Å². The van der Waals surface area contributed by atoms with Crippen LogP contribution in [-0.4, -0.2) is 17.1 Å². The lowest BCUT2D eigenvalue weighted by molar-refractivity contribution is 0.0697. The van der Waals surface area contributed by atoms with Gasteiger partial charge in [0.2, 0.25) is 0 Å². The SMILES string of the molecule is O=C(O)c1ccc(CNc2c(NC3CCCCC3)c(=O)c2=O)cc1. The van der Waals surface area contributed by atoms with Crippen LogP contribution in [0.2, 0.25) is 0 Å². The Balaban J connectivity index is 1.65. The fourth-order valence-electron chi connectivity index (χ4n) is 3.10. The molecule has 1 saturated carbocycles. The van der Waals surface area contributed by atoms with Crippen molar-refractivity contribution in [2.45, 2.75) is 44.7 Å². The van der Waals surface area contributed by atoms with E-state index < -0.39 is 16.8 Å². The second-order valence-corrected chi connectivity index (χ2v) is 6.24. The summed E-state index contributed by atoms with van der Waals surface area (Å²) in [6, 6.07) is 6.68. The molecule has 24 heavy (non-hydrogen) atoms. The smallest absolute Gasteiger partial charge is 0.335 e. The standard InChI is InChI=1S/C18H20N2O4/c21-16-14(15(17(16)22)20-13-4-2-1-3-5-13)19-10-11-6-8-12(9-7-11)18(23)24/h6-9,13,19-20H,1-5,10H2,(H,23,24). The van der Waals surface area contributed by atoms with E-state index in [1.165, 1.54) is 18.6 Å². The first-order chi connectivity index (χ1) is 11.6. The Morgan fingerprint density at radius 3 is 2.25 bits per heavy atom. The fraction of sp³-hybridized carbons (Fsp3) is 0.389.